The van der Waals surface area contributed by atoms with Crippen LogP contribution in [0.15, 0.2) is 0 Å². The lowest BCUT2D eigenvalue weighted by Crippen LogP contribution is -2.03. The highest BCUT2D eigenvalue weighted by atomic mass is 32.3. The third kappa shape index (κ3) is 5.75. The molecule has 50 valence electrons. The van der Waals surface area contributed by atoms with Crippen molar-refractivity contribution in [3.05, 3.63) is 0 Å². The first-order valence-electron chi connectivity index (χ1n) is 1.20. The minimum Gasteiger partial charge on any atom is -0.262 e. The van der Waals surface area contributed by atoms with Crippen molar-refractivity contribution in [3.8, 4) is 0 Å². The molecule has 0 atom stereocenters. The van der Waals surface area contributed by atoms with E-state index in [2.05, 4.69) is 14.4 Å². The Morgan fingerprint density at radius 3 is 2.00 bits per heavy atom. The Bertz CT molecular complexity index is 128. The molecule has 0 radical (unpaired) electrons. The highest BCUT2D eigenvalue weighted by Crippen LogP contribution is 1.85. The van der Waals surface area contributed by atoms with E-state index >= 15 is 0 Å². The molecular weight excluding hydrogens is 144 g/mol. The van der Waals surface area contributed by atoms with E-state index in [1.54, 1.807) is 0 Å². The average Bonchev–Trinajstić information content (AvgIpc) is 1.59. The Kier molecular flexibility index (Phi) is 2.82. The molecule has 2 N–H and O–H groups in total. The lowest BCUT2D eigenvalue weighted by atomic mass is 14.4. The van der Waals surface area contributed by atoms with Crippen molar-refractivity contribution in [2.24, 2.45) is 0 Å². The summed E-state index contributed by atoms with van der Waals surface area (Å²) in [4.78, 5) is 0. The Labute approximate surface area is 44.1 Å². The van der Waals surface area contributed by atoms with Crippen LogP contribution < -0.4 is 0 Å². The molecule has 0 aliphatic carbocycles. The molecule has 0 spiro atoms. The quantitative estimate of drug-likeness (QED) is 0.303. The van der Waals surface area contributed by atoms with Gasteiger partial charge in [-0.05, 0) is 10.1 Å². The highest BCUT2D eigenvalue weighted by Gasteiger charge is 2.04. The Hall–Kier alpha value is -0.250. The molecule has 0 heterocycles. The molecule has 0 aromatic rings. The molecule has 8 heavy (non-hydrogen) atoms. The molecule has 0 aromatic carbocycles. The number of hydrogen-bond donors (Lipinski definition) is 2. The van der Waals surface area contributed by atoms with Gasteiger partial charge in [0.05, 0.1) is 0 Å². The smallest absolute Gasteiger partial charge is 0.262 e. The zero-order valence-electron chi connectivity index (χ0n) is 3.34. The maximum atomic E-state index is 9.41. The molecule has 0 bridgehead atoms. The first kappa shape index (κ1) is 7.75. The molecule has 0 aliphatic rings. The van der Waals surface area contributed by atoms with Crippen LogP contribution in [0.25, 0.3) is 0 Å². The van der Waals surface area contributed by atoms with E-state index in [9.17, 15) is 8.42 Å². The predicted octanol–water partition coefficient (Wildman–Crippen LogP) is -0.858. The molecule has 0 fully saturated rings. The normalized spacial score (nSPS) is 11.8. The van der Waals surface area contributed by atoms with E-state index in [4.69, 9.17) is 9.81 Å². The second kappa shape index (κ2) is 2.91. The second-order valence-corrected chi connectivity index (χ2v) is 1.63. The maximum absolute atomic E-state index is 9.41. The molecule has 0 aromatic heterocycles. The van der Waals surface area contributed by atoms with E-state index in [1.165, 1.54) is 0 Å². The number of rotatable bonds is 3. The summed E-state index contributed by atoms with van der Waals surface area (Å²) in [7, 11) is -4.69. The van der Waals surface area contributed by atoms with Crippen molar-refractivity contribution < 1.29 is 32.6 Å². The lowest BCUT2D eigenvalue weighted by molar-refractivity contribution is -0.594. The van der Waals surface area contributed by atoms with Crippen LogP contribution in [0.5, 0.6) is 0 Å². The van der Waals surface area contributed by atoms with Crippen LogP contribution in [0.1, 0.15) is 0 Å². The summed E-state index contributed by atoms with van der Waals surface area (Å²) < 4.78 is 29.3. The van der Waals surface area contributed by atoms with Gasteiger partial charge >= 0.3 is 10.4 Å². The van der Waals surface area contributed by atoms with E-state index in [0.717, 1.165) is 0 Å². The Balaban J connectivity index is 3.42. The molecule has 0 amide bonds. The van der Waals surface area contributed by atoms with E-state index in [-0.39, 0.29) is 0 Å². The minimum absolute atomic E-state index is 2.66. The van der Waals surface area contributed by atoms with Gasteiger partial charge in [0, 0.05) is 0 Å². The van der Waals surface area contributed by atoms with Gasteiger partial charge in [-0.15, -0.1) is 0 Å². The topological polar surface area (TPSA) is 102 Å². The summed E-state index contributed by atoms with van der Waals surface area (Å²) in [5.41, 5.74) is 0. The Morgan fingerprint density at radius 2 is 1.88 bits per heavy atom. The van der Waals surface area contributed by atoms with Gasteiger partial charge in [-0.2, -0.15) is 8.42 Å². The summed E-state index contributed by atoms with van der Waals surface area (Å²) in [6, 6.07) is 0. The van der Waals surface area contributed by atoms with Gasteiger partial charge in [0.15, 0.2) is 0 Å². The molecule has 0 aliphatic heterocycles. The zero-order valence-corrected chi connectivity index (χ0v) is 4.16. The zero-order chi connectivity index (χ0) is 6.62. The summed E-state index contributed by atoms with van der Waals surface area (Å²) in [6.07, 6.45) is 0. The Morgan fingerprint density at radius 1 is 1.38 bits per heavy atom. The summed E-state index contributed by atoms with van der Waals surface area (Å²) in [5, 5.41) is 12.8. The predicted molar refractivity (Wildman–Crippen MR) is 17.4 cm³/mol. The fourth-order valence-electron chi connectivity index (χ4n) is 0.0475. The fourth-order valence-corrected chi connectivity index (χ4v) is 0.143. The van der Waals surface area contributed by atoms with Crippen LogP contribution in [0.3, 0.4) is 0 Å². The molecule has 0 unspecified atom stereocenters. The van der Waals surface area contributed by atoms with Gasteiger partial charge in [-0.3, -0.25) is 4.55 Å². The SMILES string of the molecule is O=S(=O)(O)OOOO. The van der Waals surface area contributed by atoms with Crippen LogP contribution in [0, 0.1) is 0 Å². The van der Waals surface area contributed by atoms with E-state index in [1.807, 2.05) is 0 Å². The van der Waals surface area contributed by atoms with Gasteiger partial charge in [0.1, 0.15) is 0 Å². The minimum atomic E-state index is -4.69. The molecule has 0 rings (SSSR count). The van der Waals surface area contributed by atoms with Crippen LogP contribution in [-0.2, 0) is 24.8 Å². The van der Waals surface area contributed by atoms with Crippen LogP contribution in [0.2, 0.25) is 0 Å². The van der Waals surface area contributed by atoms with Crippen LogP contribution in [-0.4, -0.2) is 18.2 Å². The first-order valence-corrected chi connectivity index (χ1v) is 2.56. The monoisotopic (exact) mass is 146 g/mol. The van der Waals surface area contributed by atoms with Gasteiger partial charge in [-0.1, -0.05) is 4.33 Å². The van der Waals surface area contributed by atoms with Crippen molar-refractivity contribution in [2.45, 2.75) is 0 Å². The summed E-state index contributed by atoms with van der Waals surface area (Å²) in [6.45, 7) is 0. The van der Waals surface area contributed by atoms with Crippen molar-refractivity contribution >= 4 is 10.4 Å². The van der Waals surface area contributed by atoms with Crippen molar-refractivity contribution in [1.29, 1.82) is 0 Å². The van der Waals surface area contributed by atoms with Crippen LogP contribution >= 0.6 is 0 Å². The van der Waals surface area contributed by atoms with E-state index < -0.39 is 10.4 Å². The molecule has 7 nitrogen and oxygen atoms in total. The van der Waals surface area contributed by atoms with Crippen molar-refractivity contribution in [3.63, 3.8) is 0 Å². The molecule has 8 heteroatoms. The van der Waals surface area contributed by atoms with Crippen molar-refractivity contribution in [1.82, 2.24) is 0 Å². The maximum Gasteiger partial charge on any atom is 0.426 e. The summed E-state index contributed by atoms with van der Waals surface area (Å²) in [5.74, 6) is 0. The number of hydrogen-bond acceptors (Lipinski definition) is 6. The standard InChI is InChI=1S/H2O7S/c1-5-6-7-8(2,3)4/h1H,(H,2,3,4). The molecule has 0 saturated heterocycles. The van der Waals surface area contributed by atoms with Gasteiger partial charge in [-0.25, -0.2) is 5.26 Å². The largest absolute Gasteiger partial charge is 0.426 e. The second-order valence-electron chi connectivity index (χ2n) is 0.638. The lowest BCUT2D eigenvalue weighted by Gasteiger charge is -1.88. The van der Waals surface area contributed by atoms with Gasteiger partial charge < -0.3 is 0 Å². The van der Waals surface area contributed by atoms with Gasteiger partial charge in [0.25, 0.3) is 0 Å². The average molecular weight is 146 g/mol. The molecule has 0 saturated carbocycles. The molecular formula is H2O7S. The summed E-state index contributed by atoms with van der Waals surface area (Å²) >= 11 is 0. The highest BCUT2D eigenvalue weighted by molar-refractivity contribution is 7.80. The van der Waals surface area contributed by atoms with Gasteiger partial charge in [0.2, 0.25) is 0 Å². The third-order valence-corrected chi connectivity index (χ3v) is 0.372. The van der Waals surface area contributed by atoms with E-state index in [0.29, 0.717) is 0 Å². The third-order valence-electron chi connectivity index (χ3n) is 0.144. The fraction of sp³-hybridized carbons (Fsp3) is 0. The van der Waals surface area contributed by atoms with Crippen molar-refractivity contribution in [2.75, 3.05) is 0 Å². The first-order chi connectivity index (χ1) is 3.56. The van der Waals surface area contributed by atoms with Crippen LogP contribution in [0.4, 0.5) is 0 Å².